The van der Waals surface area contributed by atoms with E-state index in [1.54, 1.807) is 12.4 Å². The lowest BCUT2D eigenvalue weighted by atomic mass is 10.0. The van der Waals surface area contributed by atoms with Crippen molar-refractivity contribution in [2.75, 3.05) is 0 Å². The van der Waals surface area contributed by atoms with Crippen molar-refractivity contribution in [1.29, 1.82) is 0 Å². The Labute approximate surface area is 278 Å². The van der Waals surface area contributed by atoms with Gasteiger partial charge in [-0.15, -0.1) is 0 Å². The SMILES string of the molecule is C1=CNC(c2ccc(-c3cccc(-c4nc(-c5ccccc5)nc(-c5cccc(-c6ccc(-c7ncccn7)cc6)c5)n4)c3)cc2)N=C1. The largest absolute Gasteiger partial charge is 0.366 e. The third-order valence-corrected chi connectivity index (χ3v) is 8.18. The molecule has 48 heavy (non-hydrogen) atoms. The molecular weight excluding hydrogens is 591 g/mol. The molecule has 8 rings (SSSR count). The van der Waals surface area contributed by atoms with E-state index in [-0.39, 0.29) is 6.17 Å². The Kier molecular flexibility index (Phi) is 7.83. The molecule has 0 aliphatic carbocycles. The molecule has 1 aliphatic heterocycles. The monoisotopic (exact) mass is 619 g/mol. The maximum Gasteiger partial charge on any atom is 0.164 e. The summed E-state index contributed by atoms with van der Waals surface area (Å²) in [5.74, 6) is 2.55. The number of nitrogens with zero attached hydrogens (tertiary/aromatic N) is 6. The van der Waals surface area contributed by atoms with E-state index in [1.807, 2.05) is 91.3 Å². The standard InChI is InChI=1S/C41H29N7/c1-2-8-30(9-3-1)39-46-40(35-12-4-10-33(26-35)28-14-18-31(19-15-28)37-42-22-6-23-43-37)48-41(47-39)36-13-5-11-34(27-36)29-16-20-32(21-17-29)38-44-24-7-25-45-38/h1-27,37,42H. The maximum absolute atomic E-state index is 5.03. The molecule has 0 saturated heterocycles. The molecule has 1 atom stereocenters. The topological polar surface area (TPSA) is 88.8 Å². The minimum atomic E-state index is -0.0721. The van der Waals surface area contributed by atoms with Crippen molar-refractivity contribution in [3.05, 3.63) is 164 Å². The van der Waals surface area contributed by atoms with Crippen LogP contribution in [0.1, 0.15) is 11.7 Å². The first-order chi connectivity index (χ1) is 23.8. The molecule has 3 heterocycles. The molecule has 1 unspecified atom stereocenters. The van der Waals surface area contributed by atoms with Gasteiger partial charge >= 0.3 is 0 Å². The van der Waals surface area contributed by atoms with Crippen molar-refractivity contribution in [2.24, 2.45) is 4.99 Å². The third kappa shape index (κ3) is 6.12. The lowest BCUT2D eigenvalue weighted by molar-refractivity contribution is 0.653. The summed E-state index contributed by atoms with van der Waals surface area (Å²) in [7, 11) is 0. The highest BCUT2D eigenvalue weighted by Crippen LogP contribution is 2.31. The number of aliphatic imine (C=N–C) groups is 1. The Morgan fingerprint density at radius 1 is 0.417 bits per heavy atom. The normalized spacial score (nSPS) is 13.6. The van der Waals surface area contributed by atoms with Gasteiger partial charge in [0.1, 0.15) is 6.17 Å². The second-order valence-corrected chi connectivity index (χ2v) is 11.3. The van der Waals surface area contributed by atoms with E-state index >= 15 is 0 Å². The van der Waals surface area contributed by atoms with Crippen LogP contribution in [-0.2, 0) is 0 Å². The van der Waals surface area contributed by atoms with Gasteiger partial charge in [0, 0.05) is 40.9 Å². The van der Waals surface area contributed by atoms with E-state index in [0.29, 0.717) is 23.3 Å². The van der Waals surface area contributed by atoms with Gasteiger partial charge in [-0.2, -0.15) is 0 Å². The summed E-state index contributed by atoms with van der Waals surface area (Å²) in [6.45, 7) is 0. The van der Waals surface area contributed by atoms with Crippen LogP contribution >= 0.6 is 0 Å². The first-order valence-electron chi connectivity index (χ1n) is 15.7. The van der Waals surface area contributed by atoms with E-state index in [2.05, 4.69) is 80.9 Å². The smallest absolute Gasteiger partial charge is 0.164 e. The number of hydrogen-bond donors (Lipinski definition) is 1. The third-order valence-electron chi connectivity index (χ3n) is 8.18. The van der Waals surface area contributed by atoms with Crippen molar-refractivity contribution in [1.82, 2.24) is 30.2 Å². The summed E-state index contributed by atoms with van der Waals surface area (Å²) >= 11 is 0. The van der Waals surface area contributed by atoms with Crippen LogP contribution in [0, 0.1) is 0 Å². The summed E-state index contributed by atoms with van der Waals surface area (Å²) in [6.07, 6.45) is 9.06. The molecule has 1 N–H and O–H groups in total. The minimum absolute atomic E-state index is 0.0721. The summed E-state index contributed by atoms with van der Waals surface area (Å²) < 4.78 is 0. The maximum atomic E-state index is 5.03. The van der Waals surface area contributed by atoms with Crippen LogP contribution in [0.5, 0.6) is 0 Å². The highest BCUT2D eigenvalue weighted by Gasteiger charge is 2.14. The van der Waals surface area contributed by atoms with Gasteiger partial charge in [0.2, 0.25) is 0 Å². The fourth-order valence-corrected chi connectivity index (χ4v) is 5.69. The molecule has 0 spiro atoms. The molecule has 0 amide bonds. The number of allylic oxidation sites excluding steroid dienone is 1. The van der Waals surface area contributed by atoms with Gasteiger partial charge < -0.3 is 5.32 Å². The molecule has 7 heteroatoms. The van der Waals surface area contributed by atoms with Crippen LogP contribution in [0.4, 0.5) is 0 Å². The van der Waals surface area contributed by atoms with Gasteiger partial charge in [-0.3, -0.25) is 4.99 Å². The van der Waals surface area contributed by atoms with Crippen molar-refractivity contribution < 1.29 is 0 Å². The average molecular weight is 620 g/mol. The Bertz CT molecular complexity index is 2250. The van der Waals surface area contributed by atoms with Gasteiger partial charge in [-0.1, -0.05) is 115 Å². The van der Waals surface area contributed by atoms with Crippen LogP contribution in [0.25, 0.3) is 67.8 Å². The summed E-state index contributed by atoms with van der Waals surface area (Å²) in [4.78, 5) is 28.2. The van der Waals surface area contributed by atoms with Crippen LogP contribution in [0.15, 0.2) is 163 Å². The van der Waals surface area contributed by atoms with Crippen LogP contribution in [-0.4, -0.2) is 31.1 Å². The number of benzene rings is 5. The van der Waals surface area contributed by atoms with E-state index in [9.17, 15) is 0 Å². The molecule has 5 aromatic carbocycles. The molecule has 0 fully saturated rings. The van der Waals surface area contributed by atoms with Crippen LogP contribution in [0.2, 0.25) is 0 Å². The van der Waals surface area contributed by atoms with Crippen LogP contribution < -0.4 is 5.32 Å². The lowest BCUT2D eigenvalue weighted by Gasteiger charge is -2.16. The van der Waals surface area contributed by atoms with Crippen molar-refractivity contribution in [3.63, 3.8) is 0 Å². The zero-order valence-corrected chi connectivity index (χ0v) is 25.8. The summed E-state index contributed by atoms with van der Waals surface area (Å²) in [5.41, 5.74) is 9.14. The molecule has 1 aliphatic rings. The second-order valence-electron chi connectivity index (χ2n) is 11.3. The summed E-state index contributed by atoms with van der Waals surface area (Å²) in [5, 5.41) is 3.28. The first kappa shape index (κ1) is 28.8. The predicted molar refractivity (Wildman–Crippen MR) is 192 cm³/mol. The van der Waals surface area contributed by atoms with Gasteiger partial charge in [0.25, 0.3) is 0 Å². The Balaban J connectivity index is 1.15. The molecule has 0 saturated carbocycles. The Morgan fingerprint density at radius 3 is 1.50 bits per heavy atom. The van der Waals surface area contributed by atoms with Gasteiger partial charge in [0.05, 0.1) is 0 Å². The van der Waals surface area contributed by atoms with Gasteiger partial charge in [-0.25, -0.2) is 24.9 Å². The highest BCUT2D eigenvalue weighted by molar-refractivity contribution is 5.76. The number of rotatable bonds is 7. The van der Waals surface area contributed by atoms with Crippen molar-refractivity contribution >= 4 is 6.21 Å². The zero-order chi connectivity index (χ0) is 32.1. The van der Waals surface area contributed by atoms with E-state index in [1.165, 1.54) is 0 Å². The summed E-state index contributed by atoms with van der Waals surface area (Å²) in [6, 6.07) is 45.3. The molecule has 7 nitrogen and oxygen atoms in total. The fourth-order valence-electron chi connectivity index (χ4n) is 5.69. The molecular formula is C41H29N7. The van der Waals surface area contributed by atoms with E-state index < -0.39 is 0 Å². The van der Waals surface area contributed by atoms with Crippen molar-refractivity contribution in [2.45, 2.75) is 6.17 Å². The zero-order valence-electron chi connectivity index (χ0n) is 25.8. The quantitative estimate of drug-likeness (QED) is 0.192. The van der Waals surface area contributed by atoms with E-state index in [0.717, 1.165) is 50.1 Å². The fraction of sp³-hybridized carbons (Fsp3) is 0.0244. The van der Waals surface area contributed by atoms with Gasteiger partial charge in [-0.05, 0) is 58.3 Å². The number of hydrogen-bond acceptors (Lipinski definition) is 7. The van der Waals surface area contributed by atoms with Crippen LogP contribution in [0.3, 0.4) is 0 Å². The number of aromatic nitrogens is 5. The number of nitrogens with one attached hydrogen (secondary N) is 1. The molecule has 228 valence electrons. The highest BCUT2D eigenvalue weighted by atomic mass is 15.1. The van der Waals surface area contributed by atoms with Crippen molar-refractivity contribution in [3.8, 4) is 67.8 Å². The molecule has 7 aromatic rings. The van der Waals surface area contributed by atoms with Gasteiger partial charge in [0.15, 0.2) is 23.3 Å². The first-order valence-corrected chi connectivity index (χ1v) is 15.7. The molecule has 0 radical (unpaired) electrons. The Hall–Kier alpha value is -6.60. The predicted octanol–water partition coefficient (Wildman–Crippen LogP) is 8.85. The van der Waals surface area contributed by atoms with E-state index in [4.69, 9.17) is 15.0 Å². The average Bonchev–Trinajstić information content (AvgIpc) is 3.19. The Morgan fingerprint density at radius 2 is 0.917 bits per heavy atom. The second kappa shape index (κ2) is 13.0. The molecule has 2 aromatic heterocycles. The lowest BCUT2D eigenvalue weighted by Crippen LogP contribution is -2.15. The minimum Gasteiger partial charge on any atom is -0.366 e. The molecule has 0 bridgehead atoms.